The van der Waals surface area contributed by atoms with Crippen LogP contribution in [0.1, 0.15) is 30.1 Å². The fourth-order valence-electron chi connectivity index (χ4n) is 3.15. The minimum absolute atomic E-state index is 0.00956. The molecule has 1 saturated heterocycles. The Bertz CT molecular complexity index is 900. The number of carbonyl (C=O) groups is 3. The number of para-hydroxylation sites is 2. The van der Waals surface area contributed by atoms with Crippen molar-refractivity contribution in [2.24, 2.45) is 5.92 Å². The van der Waals surface area contributed by atoms with Crippen molar-refractivity contribution in [3.05, 3.63) is 59.9 Å². The normalized spacial score (nSPS) is 16.1. The largest absolute Gasteiger partial charge is 0.352 e. The summed E-state index contributed by atoms with van der Waals surface area (Å²) in [5, 5.41) is 5.52. The molecule has 1 heterocycles. The van der Waals surface area contributed by atoms with E-state index in [0.29, 0.717) is 17.8 Å². The number of amides is 3. The summed E-state index contributed by atoms with van der Waals surface area (Å²) in [7, 11) is 0. The van der Waals surface area contributed by atoms with E-state index in [1.54, 1.807) is 36.4 Å². The minimum atomic E-state index is -0.626. The average Bonchev–Trinajstić information content (AvgIpc) is 3.08. The van der Waals surface area contributed by atoms with Crippen molar-refractivity contribution >= 4 is 29.1 Å². The van der Waals surface area contributed by atoms with E-state index in [4.69, 9.17) is 0 Å². The number of hydrogen-bond donors (Lipinski definition) is 2. The first-order valence-corrected chi connectivity index (χ1v) is 9.24. The van der Waals surface area contributed by atoms with Crippen LogP contribution in [0.4, 0.5) is 15.8 Å². The van der Waals surface area contributed by atoms with Crippen LogP contribution >= 0.6 is 0 Å². The van der Waals surface area contributed by atoms with Gasteiger partial charge in [0.25, 0.3) is 5.91 Å². The van der Waals surface area contributed by atoms with Crippen LogP contribution in [-0.2, 0) is 9.59 Å². The molecule has 1 atom stereocenters. The van der Waals surface area contributed by atoms with Crippen LogP contribution in [0, 0.1) is 11.7 Å². The first-order valence-electron chi connectivity index (χ1n) is 9.24. The molecule has 0 spiro atoms. The lowest BCUT2D eigenvalue weighted by Crippen LogP contribution is -2.30. The van der Waals surface area contributed by atoms with Crippen molar-refractivity contribution in [1.82, 2.24) is 5.32 Å². The first-order chi connectivity index (χ1) is 13.5. The first kappa shape index (κ1) is 19.5. The van der Waals surface area contributed by atoms with Gasteiger partial charge in [-0.3, -0.25) is 14.4 Å². The van der Waals surface area contributed by atoms with Gasteiger partial charge in [-0.05, 0) is 30.7 Å². The monoisotopic (exact) mass is 383 g/mol. The van der Waals surface area contributed by atoms with Gasteiger partial charge in [0, 0.05) is 19.5 Å². The van der Waals surface area contributed by atoms with Gasteiger partial charge in [-0.25, -0.2) is 4.39 Å². The van der Waals surface area contributed by atoms with Crippen molar-refractivity contribution in [3.63, 3.8) is 0 Å². The molecule has 0 radical (unpaired) electrons. The molecular formula is C21H22FN3O3. The van der Waals surface area contributed by atoms with Crippen LogP contribution in [0.25, 0.3) is 0 Å². The molecule has 7 heteroatoms. The van der Waals surface area contributed by atoms with Gasteiger partial charge in [0.15, 0.2) is 0 Å². The highest BCUT2D eigenvalue weighted by Gasteiger charge is 2.36. The lowest BCUT2D eigenvalue weighted by atomic mass is 10.1. The molecule has 1 fully saturated rings. The number of halogens is 1. The van der Waals surface area contributed by atoms with Crippen LogP contribution in [0.5, 0.6) is 0 Å². The maximum Gasteiger partial charge on any atom is 0.253 e. The third-order valence-corrected chi connectivity index (χ3v) is 4.60. The maximum absolute atomic E-state index is 14.0. The molecule has 28 heavy (non-hydrogen) atoms. The van der Waals surface area contributed by atoms with Crippen LogP contribution in [0.15, 0.2) is 48.5 Å². The molecule has 3 amide bonds. The smallest absolute Gasteiger partial charge is 0.253 e. The highest BCUT2D eigenvalue weighted by Crippen LogP contribution is 2.28. The van der Waals surface area contributed by atoms with Gasteiger partial charge in [-0.1, -0.05) is 31.2 Å². The highest BCUT2D eigenvalue weighted by atomic mass is 19.1. The molecular weight excluding hydrogens is 361 g/mol. The number of rotatable bonds is 6. The van der Waals surface area contributed by atoms with Gasteiger partial charge in [0.2, 0.25) is 11.8 Å². The lowest BCUT2D eigenvalue weighted by Gasteiger charge is -2.17. The van der Waals surface area contributed by atoms with E-state index < -0.39 is 11.7 Å². The van der Waals surface area contributed by atoms with E-state index in [9.17, 15) is 18.8 Å². The van der Waals surface area contributed by atoms with Crippen molar-refractivity contribution in [2.45, 2.75) is 19.8 Å². The van der Waals surface area contributed by atoms with E-state index in [-0.39, 0.29) is 36.4 Å². The molecule has 3 rings (SSSR count). The molecule has 0 unspecified atom stereocenters. The zero-order valence-electron chi connectivity index (χ0n) is 15.6. The molecule has 0 aromatic heterocycles. The maximum atomic E-state index is 14.0. The number of carbonyl (C=O) groups excluding carboxylic acids is 3. The van der Waals surface area contributed by atoms with Crippen molar-refractivity contribution < 1.29 is 18.8 Å². The predicted octanol–water partition coefficient (Wildman–Crippen LogP) is 2.96. The van der Waals surface area contributed by atoms with E-state index in [2.05, 4.69) is 10.6 Å². The Labute approximate surface area is 162 Å². The SMILES string of the molecule is CCCNC(=O)c1ccccc1NC(=O)[C@@H]1CC(=O)N(c2ccccc2F)C1. The van der Waals surface area contributed by atoms with Crippen LogP contribution in [0.3, 0.4) is 0 Å². The molecule has 0 saturated carbocycles. The quantitative estimate of drug-likeness (QED) is 0.805. The summed E-state index contributed by atoms with van der Waals surface area (Å²) >= 11 is 0. The summed E-state index contributed by atoms with van der Waals surface area (Å²) in [4.78, 5) is 38.6. The Kier molecular flexibility index (Phi) is 6.03. The average molecular weight is 383 g/mol. The number of anilines is 2. The van der Waals surface area contributed by atoms with Gasteiger partial charge in [0.05, 0.1) is 22.9 Å². The predicted molar refractivity (Wildman–Crippen MR) is 105 cm³/mol. The molecule has 1 aliphatic heterocycles. The molecule has 146 valence electrons. The molecule has 2 N–H and O–H groups in total. The third kappa shape index (κ3) is 4.19. The fraction of sp³-hybridized carbons (Fsp3) is 0.286. The second kappa shape index (κ2) is 8.65. The second-order valence-electron chi connectivity index (χ2n) is 6.65. The Balaban J connectivity index is 1.72. The van der Waals surface area contributed by atoms with E-state index in [1.807, 2.05) is 6.92 Å². The topological polar surface area (TPSA) is 78.5 Å². The highest BCUT2D eigenvalue weighted by molar-refractivity contribution is 6.07. The summed E-state index contributed by atoms with van der Waals surface area (Å²) in [5.74, 6) is -2.08. The van der Waals surface area contributed by atoms with E-state index in [0.717, 1.165) is 6.42 Å². The molecule has 6 nitrogen and oxygen atoms in total. The van der Waals surface area contributed by atoms with Gasteiger partial charge in [-0.15, -0.1) is 0 Å². The zero-order chi connectivity index (χ0) is 20.1. The van der Waals surface area contributed by atoms with Crippen LogP contribution in [-0.4, -0.2) is 30.8 Å². The molecule has 2 aromatic carbocycles. The zero-order valence-corrected chi connectivity index (χ0v) is 15.6. The standard InChI is InChI=1S/C21H22FN3O3/c1-2-11-23-21(28)15-7-3-5-9-17(15)24-20(27)14-12-19(26)25(13-14)18-10-6-4-8-16(18)22/h3-10,14H,2,11-13H2,1H3,(H,23,28)(H,24,27)/t14-/m1/s1. The number of hydrogen-bond acceptors (Lipinski definition) is 3. The Morgan fingerprint density at radius 3 is 2.61 bits per heavy atom. The summed E-state index contributed by atoms with van der Waals surface area (Å²) in [6.07, 6.45) is 0.792. The Morgan fingerprint density at radius 1 is 1.14 bits per heavy atom. The lowest BCUT2D eigenvalue weighted by molar-refractivity contribution is -0.122. The second-order valence-corrected chi connectivity index (χ2v) is 6.65. The van der Waals surface area contributed by atoms with Crippen molar-refractivity contribution in [3.8, 4) is 0 Å². The summed E-state index contributed by atoms with van der Waals surface area (Å²) in [6.45, 7) is 2.58. The van der Waals surface area contributed by atoms with Gasteiger partial charge in [0.1, 0.15) is 5.82 Å². The number of nitrogens with one attached hydrogen (secondary N) is 2. The van der Waals surface area contributed by atoms with Crippen molar-refractivity contribution in [1.29, 1.82) is 0 Å². The molecule has 0 bridgehead atoms. The van der Waals surface area contributed by atoms with E-state index >= 15 is 0 Å². The summed E-state index contributed by atoms with van der Waals surface area (Å²) < 4.78 is 14.0. The van der Waals surface area contributed by atoms with Crippen LogP contribution in [0.2, 0.25) is 0 Å². The number of nitrogens with zero attached hydrogens (tertiary/aromatic N) is 1. The van der Waals surface area contributed by atoms with Gasteiger partial charge >= 0.3 is 0 Å². The Hall–Kier alpha value is -3.22. The molecule has 0 aliphatic carbocycles. The van der Waals surface area contributed by atoms with Crippen molar-refractivity contribution in [2.75, 3.05) is 23.3 Å². The van der Waals surface area contributed by atoms with Crippen LogP contribution < -0.4 is 15.5 Å². The fourth-order valence-corrected chi connectivity index (χ4v) is 3.15. The third-order valence-electron chi connectivity index (χ3n) is 4.60. The van der Waals surface area contributed by atoms with Gasteiger partial charge in [-0.2, -0.15) is 0 Å². The summed E-state index contributed by atoms with van der Waals surface area (Å²) in [6, 6.07) is 12.7. The Morgan fingerprint density at radius 2 is 1.86 bits per heavy atom. The molecule has 1 aliphatic rings. The van der Waals surface area contributed by atoms with E-state index in [1.165, 1.54) is 17.0 Å². The van der Waals surface area contributed by atoms with Gasteiger partial charge < -0.3 is 15.5 Å². The summed E-state index contributed by atoms with van der Waals surface area (Å²) in [5.41, 5.74) is 0.916. The minimum Gasteiger partial charge on any atom is -0.352 e. The number of benzene rings is 2. The molecule has 2 aromatic rings.